The van der Waals surface area contributed by atoms with Crippen LogP contribution in [0.2, 0.25) is 0 Å². The van der Waals surface area contributed by atoms with Crippen molar-refractivity contribution in [2.24, 2.45) is 0 Å². The minimum absolute atomic E-state index is 0.267. The Hall–Kier alpha value is -1.59. The molecule has 1 unspecified atom stereocenters. The van der Waals surface area contributed by atoms with Gasteiger partial charge in [-0.1, -0.05) is 0 Å². The highest BCUT2D eigenvalue weighted by Crippen LogP contribution is 2.27. The number of rotatable bonds is 4. The lowest BCUT2D eigenvalue weighted by molar-refractivity contribution is 0.204. The van der Waals surface area contributed by atoms with Gasteiger partial charge in [-0.15, -0.1) is 11.8 Å². The minimum Gasteiger partial charge on any atom is -0.387 e. The molecule has 2 rings (SSSR count). The molecule has 1 aromatic carbocycles. The molecule has 0 amide bonds. The Balaban J connectivity index is 2.03. The molecule has 2 aromatic rings. The molecule has 3 nitrogen and oxygen atoms in total. The standard InChI is InChI=1S/C14H15FN2OS/c1-9-6-12(14(16)17-7-9)13(18)8-19-11-4-2-10(15)3-5-11/h2-7,13,18H,8H2,1H3,(H2,16,17). The smallest absolute Gasteiger partial charge is 0.129 e. The molecule has 0 radical (unpaired) electrons. The molecular weight excluding hydrogens is 263 g/mol. The second-order valence-corrected chi connectivity index (χ2v) is 5.36. The number of aryl methyl sites for hydroxylation is 1. The first-order valence-corrected chi connectivity index (χ1v) is 6.83. The molecule has 0 aliphatic carbocycles. The summed E-state index contributed by atoms with van der Waals surface area (Å²) in [7, 11) is 0. The second-order valence-electron chi connectivity index (χ2n) is 4.27. The van der Waals surface area contributed by atoms with Gasteiger partial charge in [-0.05, 0) is 42.8 Å². The van der Waals surface area contributed by atoms with E-state index in [1.54, 1.807) is 18.3 Å². The van der Waals surface area contributed by atoms with Gasteiger partial charge < -0.3 is 10.8 Å². The lowest BCUT2D eigenvalue weighted by Gasteiger charge is -2.13. The van der Waals surface area contributed by atoms with Gasteiger partial charge in [0.2, 0.25) is 0 Å². The third-order valence-electron chi connectivity index (χ3n) is 2.67. The maximum absolute atomic E-state index is 12.8. The van der Waals surface area contributed by atoms with Gasteiger partial charge in [-0.25, -0.2) is 9.37 Å². The molecule has 1 heterocycles. The number of hydrogen-bond donors (Lipinski definition) is 2. The zero-order valence-corrected chi connectivity index (χ0v) is 11.3. The molecule has 0 saturated carbocycles. The average molecular weight is 278 g/mol. The molecule has 19 heavy (non-hydrogen) atoms. The number of aliphatic hydroxyl groups excluding tert-OH is 1. The Bertz CT molecular complexity index is 560. The molecule has 5 heteroatoms. The minimum atomic E-state index is -0.692. The van der Waals surface area contributed by atoms with E-state index in [0.29, 0.717) is 17.1 Å². The molecule has 0 spiro atoms. The monoisotopic (exact) mass is 278 g/mol. The highest BCUT2D eigenvalue weighted by molar-refractivity contribution is 7.99. The van der Waals surface area contributed by atoms with E-state index < -0.39 is 6.10 Å². The third-order valence-corrected chi connectivity index (χ3v) is 3.75. The van der Waals surface area contributed by atoms with Crippen molar-refractivity contribution in [3.05, 3.63) is 53.5 Å². The summed E-state index contributed by atoms with van der Waals surface area (Å²) in [5.74, 6) is 0.524. The summed E-state index contributed by atoms with van der Waals surface area (Å²) in [5, 5.41) is 10.1. The molecule has 1 aromatic heterocycles. The molecular formula is C14H15FN2OS. The van der Waals surface area contributed by atoms with E-state index >= 15 is 0 Å². The second kappa shape index (κ2) is 6.04. The van der Waals surface area contributed by atoms with Crippen molar-refractivity contribution in [1.29, 1.82) is 0 Å². The number of aliphatic hydroxyl groups is 1. The summed E-state index contributed by atoms with van der Waals surface area (Å²) in [5.41, 5.74) is 7.34. The van der Waals surface area contributed by atoms with E-state index in [1.165, 1.54) is 23.9 Å². The normalized spacial score (nSPS) is 12.4. The van der Waals surface area contributed by atoms with Crippen molar-refractivity contribution >= 4 is 17.6 Å². The molecule has 0 aliphatic rings. The van der Waals surface area contributed by atoms with Crippen LogP contribution < -0.4 is 5.73 Å². The van der Waals surface area contributed by atoms with Gasteiger partial charge in [0.15, 0.2) is 0 Å². The quantitative estimate of drug-likeness (QED) is 0.844. The maximum Gasteiger partial charge on any atom is 0.129 e. The van der Waals surface area contributed by atoms with Crippen molar-refractivity contribution in [3.8, 4) is 0 Å². The Morgan fingerprint density at radius 1 is 1.37 bits per heavy atom. The largest absolute Gasteiger partial charge is 0.387 e. The first-order chi connectivity index (χ1) is 9.06. The van der Waals surface area contributed by atoms with Crippen molar-refractivity contribution in [2.45, 2.75) is 17.9 Å². The van der Waals surface area contributed by atoms with Crippen LogP contribution in [-0.2, 0) is 0 Å². The highest BCUT2D eigenvalue weighted by Gasteiger charge is 2.12. The fourth-order valence-corrected chi connectivity index (χ4v) is 2.52. The molecule has 3 N–H and O–H groups in total. The summed E-state index contributed by atoms with van der Waals surface area (Å²) >= 11 is 1.45. The number of nitrogens with two attached hydrogens (primary N) is 1. The van der Waals surface area contributed by atoms with E-state index in [9.17, 15) is 9.50 Å². The van der Waals surface area contributed by atoms with Crippen LogP contribution in [0.4, 0.5) is 10.2 Å². The molecule has 0 bridgehead atoms. The van der Waals surface area contributed by atoms with Crippen LogP contribution in [0, 0.1) is 12.7 Å². The van der Waals surface area contributed by atoms with Gasteiger partial charge in [0.25, 0.3) is 0 Å². The fourth-order valence-electron chi connectivity index (χ4n) is 1.67. The van der Waals surface area contributed by atoms with Gasteiger partial charge >= 0.3 is 0 Å². The van der Waals surface area contributed by atoms with Crippen LogP contribution in [0.25, 0.3) is 0 Å². The van der Waals surface area contributed by atoms with Gasteiger partial charge in [0.1, 0.15) is 11.6 Å². The van der Waals surface area contributed by atoms with Gasteiger partial charge in [0, 0.05) is 22.4 Å². The third kappa shape index (κ3) is 3.68. The van der Waals surface area contributed by atoms with Crippen molar-refractivity contribution in [2.75, 3.05) is 11.5 Å². The topological polar surface area (TPSA) is 59.1 Å². The van der Waals surface area contributed by atoms with Crippen LogP contribution >= 0.6 is 11.8 Å². The maximum atomic E-state index is 12.8. The first-order valence-electron chi connectivity index (χ1n) is 5.84. The van der Waals surface area contributed by atoms with Crippen LogP contribution in [0.3, 0.4) is 0 Å². The molecule has 0 fully saturated rings. The summed E-state index contributed by atoms with van der Waals surface area (Å²) in [6.45, 7) is 1.90. The van der Waals surface area contributed by atoms with Gasteiger partial charge in [-0.3, -0.25) is 0 Å². The molecule has 0 saturated heterocycles. The Morgan fingerprint density at radius 3 is 2.74 bits per heavy atom. The average Bonchev–Trinajstić information content (AvgIpc) is 2.40. The number of pyridine rings is 1. The number of nitrogen functional groups attached to an aromatic ring is 1. The van der Waals surface area contributed by atoms with Crippen molar-refractivity contribution in [3.63, 3.8) is 0 Å². The number of nitrogens with zero attached hydrogens (tertiary/aromatic N) is 1. The number of thioether (sulfide) groups is 1. The van der Waals surface area contributed by atoms with Crippen LogP contribution in [0.1, 0.15) is 17.2 Å². The number of halogens is 1. The summed E-state index contributed by atoms with van der Waals surface area (Å²) < 4.78 is 12.8. The summed E-state index contributed by atoms with van der Waals surface area (Å²) in [6.07, 6.45) is 0.973. The fraction of sp³-hybridized carbons (Fsp3) is 0.214. The van der Waals surface area contributed by atoms with E-state index in [4.69, 9.17) is 5.73 Å². The Labute approximate surface area is 115 Å². The van der Waals surface area contributed by atoms with E-state index in [2.05, 4.69) is 4.98 Å². The zero-order chi connectivity index (χ0) is 13.8. The predicted molar refractivity (Wildman–Crippen MR) is 75.5 cm³/mol. The van der Waals surface area contributed by atoms with E-state index in [1.807, 2.05) is 13.0 Å². The summed E-state index contributed by atoms with van der Waals surface area (Å²) in [4.78, 5) is 4.93. The Kier molecular flexibility index (Phi) is 4.39. The lowest BCUT2D eigenvalue weighted by Crippen LogP contribution is -2.06. The number of hydrogen-bond acceptors (Lipinski definition) is 4. The van der Waals surface area contributed by atoms with Gasteiger partial charge in [-0.2, -0.15) is 0 Å². The lowest BCUT2D eigenvalue weighted by atomic mass is 10.1. The zero-order valence-electron chi connectivity index (χ0n) is 10.5. The Morgan fingerprint density at radius 2 is 2.05 bits per heavy atom. The molecule has 0 aliphatic heterocycles. The van der Waals surface area contributed by atoms with Crippen LogP contribution in [-0.4, -0.2) is 15.8 Å². The van der Waals surface area contributed by atoms with Crippen molar-refractivity contribution in [1.82, 2.24) is 4.98 Å². The molecule has 100 valence electrons. The van der Waals surface area contributed by atoms with E-state index in [-0.39, 0.29) is 5.82 Å². The van der Waals surface area contributed by atoms with Crippen LogP contribution in [0.15, 0.2) is 41.4 Å². The van der Waals surface area contributed by atoms with Crippen LogP contribution in [0.5, 0.6) is 0 Å². The highest BCUT2D eigenvalue weighted by atomic mass is 32.2. The predicted octanol–water partition coefficient (Wildman–Crippen LogP) is 2.94. The molecule has 1 atom stereocenters. The number of anilines is 1. The first kappa shape index (κ1) is 13.8. The summed E-state index contributed by atoms with van der Waals surface area (Å²) in [6, 6.07) is 8.00. The van der Waals surface area contributed by atoms with E-state index in [0.717, 1.165) is 10.5 Å². The number of aromatic nitrogens is 1. The van der Waals surface area contributed by atoms with Gasteiger partial charge in [0.05, 0.1) is 6.10 Å². The number of benzene rings is 1. The SMILES string of the molecule is Cc1cnc(N)c(C(O)CSc2ccc(F)cc2)c1. The van der Waals surface area contributed by atoms with Crippen molar-refractivity contribution < 1.29 is 9.50 Å².